The lowest BCUT2D eigenvalue weighted by Crippen LogP contribution is -2.34. The number of carbonyl (C=O) groups is 1. The summed E-state index contributed by atoms with van der Waals surface area (Å²) in [5, 5.41) is 0. The fourth-order valence-corrected chi connectivity index (χ4v) is 3.73. The van der Waals surface area contributed by atoms with E-state index in [9.17, 15) is 4.79 Å². The van der Waals surface area contributed by atoms with Gasteiger partial charge < -0.3 is 9.64 Å². The molecule has 0 spiro atoms. The molecule has 0 radical (unpaired) electrons. The van der Waals surface area contributed by atoms with Gasteiger partial charge in [0.25, 0.3) is 0 Å². The summed E-state index contributed by atoms with van der Waals surface area (Å²) in [6.07, 6.45) is 3.43. The van der Waals surface area contributed by atoms with E-state index >= 15 is 0 Å². The largest absolute Gasteiger partial charge is 0.464 e. The van der Waals surface area contributed by atoms with E-state index < -0.39 is 5.97 Å². The van der Waals surface area contributed by atoms with Gasteiger partial charge in [0.15, 0.2) is 6.20 Å². The summed E-state index contributed by atoms with van der Waals surface area (Å²) in [7, 11) is 3.27. The number of aromatic nitrogens is 2. The highest BCUT2D eigenvalue weighted by Crippen LogP contribution is 2.36. The van der Waals surface area contributed by atoms with Crippen LogP contribution >= 0.6 is 0 Å². The third-order valence-electron chi connectivity index (χ3n) is 5.20. The quantitative estimate of drug-likeness (QED) is 0.338. The average molecular weight is 410 g/mol. The van der Waals surface area contributed by atoms with Crippen LogP contribution in [-0.2, 0) is 11.8 Å². The molecule has 154 valence electrons. The lowest BCUT2D eigenvalue weighted by atomic mass is 10.0. The Kier molecular flexibility index (Phi) is 5.76. The van der Waals surface area contributed by atoms with Gasteiger partial charge >= 0.3 is 5.97 Å². The van der Waals surface area contributed by atoms with Gasteiger partial charge in [0.1, 0.15) is 7.05 Å². The summed E-state index contributed by atoms with van der Waals surface area (Å²) in [5.74, 6) is -0.454. The molecule has 0 atom stereocenters. The first-order valence-electron chi connectivity index (χ1n) is 10.0. The molecule has 0 saturated heterocycles. The normalized spacial score (nSPS) is 10.5. The standard InChI is InChI=1S/C26H24N3O2/c1-19-18-22(29(20-10-6-4-7-11-20)21-12-8-5-9-13-21)14-15-23(19)25-24(26(30)31-3)27-16-17-28(25)2/h4-18H,1-3H3/q+1. The number of para-hydroxylation sites is 2. The zero-order valence-corrected chi connectivity index (χ0v) is 17.8. The third-order valence-corrected chi connectivity index (χ3v) is 5.20. The zero-order chi connectivity index (χ0) is 21.8. The SMILES string of the molecule is COC(=O)c1ncc[n+](C)c1-c1ccc(N(c2ccccc2)c2ccccc2)cc1C. The highest BCUT2D eigenvalue weighted by Gasteiger charge is 2.25. The van der Waals surface area contributed by atoms with Crippen LogP contribution in [-0.4, -0.2) is 18.1 Å². The smallest absolute Gasteiger partial charge is 0.363 e. The van der Waals surface area contributed by atoms with Gasteiger partial charge in [-0.2, -0.15) is 4.57 Å². The molecule has 0 bridgehead atoms. The Bertz CT molecular complexity index is 1170. The zero-order valence-electron chi connectivity index (χ0n) is 17.8. The van der Waals surface area contributed by atoms with Crippen LogP contribution in [0.2, 0.25) is 0 Å². The van der Waals surface area contributed by atoms with Crippen molar-refractivity contribution >= 4 is 23.0 Å². The van der Waals surface area contributed by atoms with Gasteiger partial charge in [-0.25, -0.2) is 9.78 Å². The maximum absolute atomic E-state index is 12.3. The number of hydrogen-bond donors (Lipinski definition) is 0. The minimum atomic E-state index is -0.454. The number of aryl methyl sites for hydroxylation is 2. The summed E-state index contributed by atoms with van der Waals surface area (Å²) in [4.78, 5) is 18.8. The summed E-state index contributed by atoms with van der Waals surface area (Å²) < 4.78 is 6.84. The van der Waals surface area contributed by atoms with Gasteiger partial charge in [-0.3, -0.25) is 0 Å². The van der Waals surface area contributed by atoms with E-state index in [1.165, 1.54) is 7.11 Å². The van der Waals surface area contributed by atoms with Crippen LogP contribution in [0.25, 0.3) is 11.3 Å². The van der Waals surface area contributed by atoms with Gasteiger partial charge in [-0.1, -0.05) is 36.4 Å². The molecular weight excluding hydrogens is 386 g/mol. The average Bonchev–Trinajstić information content (AvgIpc) is 2.80. The number of esters is 1. The number of ether oxygens (including phenoxy) is 1. The first kappa shape index (κ1) is 20.3. The van der Waals surface area contributed by atoms with Crippen LogP contribution in [0.15, 0.2) is 91.3 Å². The van der Waals surface area contributed by atoms with E-state index in [1.54, 1.807) is 6.20 Å². The molecule has 0 saturated carbocycles. The fourth-order valence-electron chi connectivity index (χ4n) is 3.73. The molecule has 5 heteroatoms. The topological polar surface area (TPSA) is 46.3 Å². The van der Waals surface area contributed by atoms with E-state index in [0.29, 0.717) is 5.69 Å². The minimum absolute atomic E-state index is 0.298. The van der Waals surface area contributed by atoms with E-state index in [-0.39, 0.29) is 0 Å². The van der Waals surface area contributed by atoms with Gasteiger partial charge in [0.2, 0.25) is 11.4 Å². The van der Waals surface area contributed by atoms with Gasteiger partial charge in [0.05, 0.1) is 18.9 Å². The lowest BCUT2D eigenvalue weighted by Gasteiger charge is -2.26. The van der Waals surface area contributed by atoms with Crippen LogP contribution in [0.5, 0.6) is 0 Å². The molecule has 4 rings (SSSR count). The number of nitrogens with zero attached hydrogens (tertiary/aromatic N) is 3. The second-order valence-corrected chi connectivity index (χ2v) is 7.23. The van der Waals surface area contributed by atoms with Crippen molar-refractivity contribution in [3.05, 3.63) is 103 Å². The highest BCUT2D eigenvalue weighted by molar-refractivity contribution is 5.93. The predicted molar refractivity (Wildman–Crippen MR) is 122 cm³/mol. The number of carbonyl (C=O) groups excluding carboxylic acids is 1. The number of rotatable bonds is 5. The Morgan fingerprint density at radius 2 is 1.52 bits per heavy atom. The molecule has 0 amide bonds. The third kappa shape index (κ3) is 4.03. The van der Waals surface area contributed by atoms with Crippen molar-refractivity contribution in [2.24, 2.45) is 7.05 Å². The Balaban J connectivity index is 1.85. The highest BCUT2D eigenvalue weighted by atomic mass is 16.5. The summed E-state index contributed by atoms with van der Waals surface area (Å²) in [6, 6.07) is 26.7. The fraction of sp³-hybridized carbons (Fsp3) is 0.115. The first-order valence-corrected chi connectivity index (χ1v) is 10.0. The molecule has 0 N–H and O–H groups in total. The maximum Gasteiger partial charge on any atom is 0.363 e. The van der Waals surface area contributed by atoms with Crippen LogP contribution in [0.1, 0.15) is 16.1 Å². The number of benzene rings is 3. The van der Waals surface area contributed by atoms with E-state index in [2.05, 4.69) is 46.3 Å². The molecule has 3 aromatic carbocycles. The van der Waals surface area contributed by atoms with Crippen LogP contribution in [0, 0.1) is 6.92 Å². The summed E-state index contributed by atoms with van der Waals surface area (Å²) in [6.45, 7) is 2.04. The van der Waals surface area contributed by atoms with Crippen molar-refractivity contribution < 1.29 is 14.1 Å². The maximum atomic E-state index is 12.3. The second kappa shape index (κ2) is 8.79. The van der Waals surface area contributed by atoms with E-state index in [0.717, 1.165) is 33.9 Å². The Morgan fingerprint density at radius 3 is 2.06 bits per heavy atom. The molecule has 0 aliphatic carbocycles. The molecule has 4 aromatic rings. The van der Waals surface area contributed by atoms with Crippen molar-refractivity contribution in [3.8, 4) is 11.3 Å². The van der Waals surface area contributed by atoms with E-state index in [1.807, 2.05) is 67.2 Å². The summed E-state index contributed by atoms with van der Waals surface area (Å²) >= 11 is 0. The Morgan fingerprint density at radius 1 is 0.903 bits per heavy atom. The molecule has 0 fully saturated rings. The van der Waals surface area contributed by atoms with E-state index in [4.69, 9.17) is 4.74 Å². The predicted octanol–water partition coefficient (Wildman–Crippen LogP) is 5.14. The Labute approximate surface area is 182 Å². The van der Waals surface area contributed by atoms with Crippen LogP contribution < -0.4 is 9.47 Å². The molecule has 1 heterocycles. The second-order valence-electron chi connectivity index (χ2n) is 7.23. The van der Waals surface area contributed by atoms with Crippen molar-refractivity contribution in [2.75, 3.05) is 12.0 Å². The Hall–Kier alpha value is -3.99. The molecule has 0 aliphatic rings. The van der Waals surface area contributed by atoms with Crippen LogP contribution in [0.3, 0.4) is 0 Å². The van der Waals surface area contributed by atoms with Crippen molar-refractivity contribution in [2.45, 2.75) is 6.92 Å². The first-order chi connectivity index (χ1) is 15.1. The van der Waals surface area contributed by atoms with Crippen molar-refractivity contribution in [1.29, 1.82) is 0 Å². The minimum Gasteiger partial charge on any atom is -0.464 e. The van der Waals surface area contributed by atoms with Gasteiger partial charge in [-0.05, 0) is 55.0 Å². The lowest BCUT2D eigenvalue weighted by molar-refractivity contribution is -0.661. The summed E-state index contributed by atoms with van der Waals surface area (Å²) in [5.41, 5.74) is 6.16. The molecule has 31 heavy (non-hydrogen) atoms. The van der Waals surface area contributed by atoms with Crippen LogP contribution in [0.4, 0.5) is 17.1 Å². The number of methoxy groups -OCH3 is 1. The number of hydrogen-bond acceptors (Lipinski definition) is 4. The van der Waals surface area contributed by atoms with Gasteiger partial charge in [0, 0.05) is 17.1 Å². The molecule has 5 nitrogen and oxygen atoms in total. The molecule has 0 aliphatic heterocycles. The number of anilines is 3. The molecular formula is C26H24N3O2+. The van der Waals surface area contributed by atoms with Gasteiger partial charge in [-0.15, -0.1) is 0 Å². The monoisotopic (exact) mass is 410 g/mol. The van der Waals surface area contributed by atoms with Crippen molar-refractivity contribution in [1.82, 2.24) is 4.98 Å². The molecule has 0 unspecified atom stereocenters. The van der Waals surface area contributed by atoms with Crippen molar-refractivity contribution in [3.63, 3.8) is 0 Å². The molecule has 1 aromatic heterocycles.